The van der Waals surface area contributed by atoms with Crippen molar-refractivity contribution in [3.8, 4) is 11.5 Å². The van der Waals surface area contributed by atoms with Crippen molar-refractivity contribution in [1.29, 1.82) is 0 Å². The monoisotopic (exact) mass is 532 g/mol. The van der Waals surface area contributed by atoms with Gasteiger partial charge in [-0.3, -0.25) is 0 Å². The van der Waals surface area contributed by atoms with Gasteiger partial charge < -0.3 is 19.7 Å². The van der Waals surface area contributed by atoms with E-state index in [1.807, 2.05) is 30.3 Å². The van der Waals surface area contributed by atoms with Gasteiger partial charge in [0.15, 0.2) is 5.60 Å². The topological polar surface area (TPSA) is 50.8 Å². The largest absolute Gasteiger partial charge is 0.456 e. The highest BCUT2D eigenvalue weighted by Gasteiger charge is 2.53. The maximum atomic E-state index is 13.3. The lowest BCUT2D eigenvalue weighted by molar-refractivity contribution is 0.0224. The molecule has 6 rings (SSSR count). The Balaban J connectivity index is 1.50. The summed E-state index contributed by atoms with van der Waals surface area (Å²) in [7, 11) is 0. The van der Waals surface area contributed by atoms with Gasteiger partial charge in [0.1, 0.15) is 11.5 Å². The molecule has 5 heteroatoms. The highest BCUT2D eigenvalue weighted by Crippen LogP contribution is 2.57. The fourth-order valence-corrected chi connectivity index (χ4v) is 6.04. The molecule has 1 N–H and O–H groups in total. The van der Waals surface area contributed by atoms with E-state index in [4.69, 9.17) is 9.47 Å². The predicted octanol–water partition coefficient (Wildman–Crippen LogP) is 8.63. The van der Waals surface area contributed by atoms with Crippen LogP contribution in [0, 0.1) is 13.8 Å². The molecule has 40 heavy (non-hydrogen) atoms. The Morgan fingerprint density at radius 1 is 0.825 bits per heavy atom. The van der Waals surface area contributed by atoms with Crippen LogP contribution in [0.4, 0.5) is 17.1 Å². The summed E-state index contributed by atoms with van der Waals surface area (Å²) in [5.74, 6) is 1.11. The van der Waals surface area contributed by atoms with Crippen molar-refractivity contribution in [3.05, 3.63) is 112 Å². The molecule has 0 bridgehead atoms. The molecule has 1 spiro atoms. The standard InChI is InChI=1S/C35H36N2O3/c1-5-7-10-18-37(6-2)26-16-17-29-33(21-26)39-32-20-24(4)31(36-25-13-11-12-23(3)19-25)22-30(32)35(29)28-15-9-8-14-27(28)34(38)40-35/h8-9,11-17,19-22,36H,5-7,10,18H2,1-4H3. The third-order valence-corrected chi connectivity index (χ3v) is 8.12. The van der Waals surface area contributed by atoms with Crippen LogP contribution < -0.4 is 15.0 Å². The van der Waals surface area contributed by atoms with Crippen LogP contribution in [0.3, 0.4) is 0 Å². The van der Waals surface area contributed by atoms with Crippen LogP contribution in [0.2, 0.25) is 0 Å². The zero-order chi connectivity index (χ0) is 27.9. The number of esters is 1. The molecule has 0 amide bonds. The van der Waals surface area contributed by atoms with E-state index in [1.54, 1.807) is 0 Å². The second kappa shape index (κ2) is 10.4. The number of rotatable bonds is 8. The van der Waals surface area contributed by atoms with E-state index >= 15 is 0 Å². The van der Waals surface area contributed by atoms with Gasteiger partial charge in [-0.2, -0.15) is 0 Å². The van der Waals surface area contributed by atoms with Gasteiger partial charge in [0.2, 0.25) is 0 Å². The molecule has 1 unspecified atom stereocenters. The molecule has 0 fully saturated rings. The smallest absolute Gasteiger partial charge is 0.340 e. The Hall–Kier alpha value is -4.25. The van der Waals surface area contributed by atoms with E-state index in [-0.39, 0.29) is 5.97 Å². The Kier molecular flexibility index (Phi) is 6.75. The minimum atomic E-state index is -1.09. The Labute approximate surface area is 236 Å². The zero-order valence-electron chi connectivity index (χ0n) is 23.7. The molecule has 1 atom stereocenters. The Morgan fingerprint density at radius 2 is 1.65 bits per heavy atom. The molecular weight excluding hydrogens is 496 g/mol. The number of aryl methyl sites for hydroxylation is 2. The normalized spacial score (nSPS) is 16.6. The second-order valence-electron chi connectivity index (χ2n) is 10.8. The predicted molar refractivity (Wildman–Crippen MR) is 161 cm³/mol. The van der Waals surface area contributed by atoms with E-state index in [1.165, 1.54) is 18.4 Å². The lowest BCUT2D eigenvalue weighted by Crippen LogP contribution is -2.33. The molecule has 2 aliphatic rings. The lowest BCUT2D eigenvalue weighted by atomic mass is 9.77. The van der Waals surface area contributed by atoms with Crippen molar-refractivity contribution in [3.63, 3.8) is 0 Å². The number of nitrogens with one attached hydrogen (secondary N) is 1. The minimum Gasteiger partial charge on any atom is -0.456 e. The summed E-state index contributed by atoms with van der Waals surface area (Å²) in [6.45, 7) is 10.5. The number of anilines is 3. The van der Waals surface area contributed by atoms with Crippen LogP contribution in [-0.4, -0.2) is 19.1 Å². The average molecular weight is 533 g/mol. The SMILES string of the molecule is CCCCCN(CC)c1ccc2c(c1)Oc1cc(C)c(Nc3cccc(C)c3)cc1C21OC(=O)c2ccccc21. The summed E-state index contributed by atoms with van der Waals surface area (Å²) in [6.07, 6.45) is 3.55. The van der Waals surface area contributed by atoms with Crippen LogP contribution >= 0.6 is 0 Å². The van der Waals surface area contributed by atoms with Crippen LogP contribution in [0.1, 0.15) is 71.3 Å². The van der Waals surface area contributed by atoms with Crippen molar-refractivity contribution in [1.82, 2.24) is 0 Å². The van der Waals surface area contributed by atoms with Crippen LogP contribution in [0.5, 0.6) is 11.5 Å². The molecule has 5 nitrogen and oxygen atoms in total. The highest BCUT2D eigenvalue weighted by atomic mass is 16.6. The van der Waals surface area contributed by atoms with Crippen LogP contribution in [0.25, 0.3) is 0 Å². The van der Waals surface area contributed by atoms with Crippen molar-refractivity contribution in [2.45, 2.75) is 52.6 Å². The van der Waals surface area contributed by atoms with E-state index in [0.717, 1.165) is 64.6 Å². The van der Waals surface area contributed by atoms with Crippen LogP contribution in [-0.2, 0) is 10.3 Å². The summed E-state index contributed by atoms with van der Waals surface area (Å²) < 4.78 is 13.1. The number of carbonyl (C=O) groups excluding carboxylic acids is 1. The summed E-state index contributed by atoms with van der Waals surface area (Å²) in [4.78, 5) is 15.7. The van der Waals surface area contributed by atoms with E-state index < -0.39 is 5.60 Å². The number of fused-ring (bicyclic) bond motifs is 6. The minimum absolute atomic E-state index is 0.318. The first-order valence-electron chi connectivity index (χ1n) is 14.3. The number of hydrogen-bond acceptors (Lipinski definition) is 5. The number of carbonyl (C=O) groups is 1. The summed E-state index contributed by atoms with van der Waals surface area (Å²) >= 11 is 0. The van der Waals surface area contributed by atoms with E-state index in [0.29, 0.717) is 11.3 Å². The van der Waals surface area contributed by atoms with Crippen LogP contribution in [0.15, 0.2) is 78.9 Å². The van der Waals surface area contributed by atoms with Crippen molar-refractivity contribution in [2.75, 3.05) is 23.3 Å². The zero-order valence-corrected chi connectivity index (χ0v) is 23.7. The number of nitrogens with zero attached hydrogens (tertiary/aromatic N) is 1. The number of unbranched alkanes of at least 4 members (excludes halogenated alkanes) is 2. The van der Waals surface area contributed by atoms with Gasteiger partial charge in [-0.15, -0.1) is 0 Å². The number of ether oxygens (including phenoxy) is 2. The first-order chi connectivity index (χ1) is 19.4. The summed E-state index contributed by atoms with van der Waals surface area (Å²) in [6, 6.07) is 26.5. The third kappa shape index (κ3) is 4.30. The van der Waals surface area contributed by atoms with Gasteiger partial charge in [-0.1, -0.05) is 50.1 Å². The van der Waals surface area contributed by atoms with Gasteiger partial charge >= 0.3 is 5.97 Å². The van der Waals surface area contributed by atoms with E-state index in [9.17, 15) is 4.79 Å². The Bertz CT molecular complexity index is 1590. The van der Waals surface area contributed by atoms with Crippen molar-refractivity contribution < 1.29 is 14.3 Å². The maximum Gasteiger partial charge on any atom is 0.340 e. The lowest BCUT2D eigenvalue weighted by Gasteiger charge is -2.38. The van der Waals surface area contributed by atoms with Gasteiger partial charge in [0.25, 0.3) is 0 Å². The van der Waals surface area contributed by atoms with E-state index in [2.05, 4.69) is 86.4 Å². The van der Waals surface area contributed by atoms with Gasteiger partial charge in [0, 0.05) is 52.9 Å². The molecule has 204 valence electrons. The first-order valence-corrected chi connectivity index (χ1v) is 14.3. The summed E-state index contributed by atoms with van der Waals surface area (Å²) in [5.41, 5.74) is 7.30. The molecule has 4 aromatic rings. The molecule has 2 heterocycles. The second-order valence-corrected chi connectivity index (χ2v) is 10.8. The third-order valence-electron chi connectivity index (χ3n) is 8.12. The summed E-state index contributed by atoms with van der Waals surface area (Å²) in [5, 5.41) is 3.58. The molecule has 0 aliphatic carbocycles. The maximum absolute atomic E-state index is 13.3. The van der Waals surface area contributed by atoms with Gasteiger partial charge in [-0.05, 0) is 80.8 Å². The average Bonchev–Trinajstić information content (AvgIpc) is 3.24. The number of hydrogen-bond donors (Lipinski definition) is 1. The van der Waals surface area contributed by atoms with Gasteiger partial charge in [-0.25, -0.2) is 4.79 Å². The molecule has 0 aromatic heterocycles. The fourth-order valence-electron chi connectivity index (χ4n) is 6.04. The molecule has 0 saturated carbocycles. The van der Waals surface area contributed by atoms with Gasteiger partial charge in [0.05, 0.1) is 5.56 Å². The highest BCUT2D eigenvalue weighted by molar-refractivity contribution is 5.97. The molecule has 0 radical (unpaired) electrons. The van der Waals surface area contributed by atoms with Crippen molar-refractivity contribution >= 4 is 23.0 Å². The quantitative estimate of drug-likeness (QED) is 0.182. The first kappa shape index (κ1) is 26.0. The fraction of sp³-hybridized carbons (Fsp3) is 0.286. The number of benzene rings is 4. The van der Waals surface area contributed by atoms with Crippen molar-refractivity contribution in [2.24, 2.45) is 0 Å². The molecule has 2 aliphatic heterocycles. The molecule has 0 saturated heterocycles. The Morgan fingerprint density at radius 3 is 2.45 bits per heavy atom. The molecule has 4 aromatic carbocycles. The molecular formula is C35H36N2O3.